The molecule has 0 saturated carbocycles. The van der Waals surface area contributed by atoms with E-state index in [4.69, 9.17) is 39.6 Å². The number of benzene rings is 2. The summed E-state index contributed by atoms with van der Waals surface area (Å²) < 4.78 is 0. The first-order chi connectivity index (χ1) is 16.9. The molecule has 2 aromatic carbocycles. The second-order valence-corrected chi connectivity index (χ2v) is 7.61. The molecule has 0 aliphatic rings. The van der Waals surface area contributed by atoms with Crippen LogP contribution in [0.25, 0.3) is 22.0 Å². The number of hydrogen-bond donors (Lipinski definition) is 5. The third-order valence-electron chi connectivity index (χ3n) is 4.45. The lowest BCUT2D eigenvalue weighted by Crippen LogP contribution is -2.16. The van der Waals surface area contributed by atoms with Crippen molar-refractivity contribution in [3.05, 3.63) is 54.1 Å². The first-order valence-corrected chi connectivity index (χ1v) is 10.6. The number of aryl methyl sites for hydroxylation is 1. The zero-order valence-electron chi connectivity index (χ0n) is 20.0. The molecule has 0 aliphatic carbocycles. The van der Waals surface area contributed by atoms with Crippen LogP contribution in [0.5, 0.6) is 0 Å². The van der Waals surface area contributed by atoms with Gasteiger partial charge in [0.25, 0.3) is 0 Å². The number of carbonyl (C=O) groups is 4. The molecule has 1 heterocycles. The van der Waals surface area contributed by atoms with E-state index in [1.165, 1.54) is 5.56 Å². The lowest BCUT2D eigenvalue weighted by atomic mass is 10.0. The number of carboxylic acid groups (broad SMARTS) is 4. The summed E-state index contributed by atoms with van der Waals surface area (Å²) in [5.41, 5.74) is 3.28. The molecule has 12 nitrogen and oxygen atoms in total. The smallest absolute Gasteiger partial charge is 0.414 e. The van der Waals surface area contributed by atoms with Crippen LogP contribution < -0.4 is 5.32 Å². The van der Waals surface area contributed by atoms with Gasteiger partial charge in [-0.15, -0.1) is 10.2 Å². The topological polar surface area (TPSA) is 190 Å². The van der Waals surface area contributed by atoms with Crippen molar-refractivity contribution >= 4 is 40.5 Å². The number of nitrogens with zero attached hydrogens (tertiary/aromatic N) is 3. The van der Waals surface area contributed by atoms with Crippen LogP contribution in [-0.2, 0) is 19.2 Å². The van der Waals surface area contributed by atoms with Crippen molar-refractivity contribution in [2.24, 2.45) is 0 Å². The molecule has 0 fully saturated rings. The molecule has 0 radical (unpaired) electrons. The van der Waals surface area contributed by atoms with E-state index in [0.717, 1.165) is 47.4 Å². The molecule has 5 N–H and O–H groups in total. The summed E-state index contributed by atoms with van der Waals surface area (Å²) in [7, 11) is 4.18. The van der Waals surface area contributed by atoms with E-state index in [2.05, 4.69) is 83.9 Å². The van der Waals surface area contributed by atoms with Crippen LogP contribution in [0.1, 0.15) is 12.0 Å². The Balaban J connectivity index is 0.000000450. The predicted octanol–water partition coefficient (Wildman–Crippen LogP) is 2.28. The quantitative estimate of drug-likeness (QED) is 0.245. The van der Waals surface area contributed by atoms with Crippen molar-refractivity contribution < 1.29 is 39.6 Å². The average Bonchev–Trinajstić information content (AvgIpc) is 2.83. The van der Waals surface area contributed by atoms with Crippen molar-refractivity contribution in [3.63, 3.8) is 0 Å². The number of rotatable bonds is 6. The maximum atomic E-state index is 9.10. The highest BCUT2D eigenvalue weighted by molar-refractivity contribution is 6.27. The Labute approximate surface area is 206 Å². The van der Waals surface area contributed by atoms with Gasteiger partial charge in [-0.05, 0) is 34.0 Å². The number of aromatic nitrogens is 2. The molecule has 1 aromatic heterocycles. The van der Waals surface area contributed by atoms with E-state index in [1.807, 2.05) is 6.07 Å². The van der Waals surface area contributed by atoms with Crippen molar-refractivity contribution in [2.45, 2.75) is 13.3 Å². The fraction of sp³-hybridized carbons (Fsp3) is 0.250. The number of carboxylic acids is 4. The molecular formula is C24H28N4O8. The SMILES string of the molecule is Cc1ccc(-c2nnc(NCCCN(C)C)c3ccccc23)cc1.O=C(O)C(=O)O.O=C(O)C(=O)O. The van der Waals surface area contributed by atoms with Gasteiger partial charge in [0.2, 0.25) is 0 Å². The molecule has 0 aliphatic heterocycles. The summed E-state index contributed by atoms with van der Waals surface area (Å²) >= 11 is 0. The van der Waals surface area contributed by atoms with Gasteiger partial charge in [-0.25, -0.2) is 19.2 Å². The summed E-state index contributed by atoms with van der Waals surface area (Å²) in [4.78, 5) is 38.6. The van der Waals surface area contributed by atoms with E-state index in [0.29, 0.717) is 0 Å². The minimum Gasteiger partial charge on any atom is -0.473 e. The van der Waals surface area contributed by atoms with Crippen molar-refractivity contribution in [1.82, 2.24) is 15.1 Å². The number of anilines is 1. The molecular weight excluding hydrogens is 472 g/mol. The first kappa shape index (κ1) is 29.5. The van der Waals surface area contributed by atoms with Gasteiger partial charge >= 0.3 is 23.9 Å². The van der Waals surface area contributed by atoms with Gasteiger partial charge in [-0.3, -0.25) is 0 Å². The Hall–Kier alpha value is -4.58. The van der Waals surface area contributed by atoms with Crippen molar-refractivity contribution in [2.75, 3.05) is 32.5 Å². The molecule has 192 valence electrons. The fourth-order valence-electron chi connectivity index (χ4n) is 2.76. The maximum Gasteiger partial charge on any atom is 0.414 e. The largest absolute Gasteiger partial charge is 0.473 e. The summed E-state index contributed by atoms with van der Waals surface area (Å²) in [6.45, 7) is 4.04. The zero-order valence-corrected chi connectivity index (χ0v) is 20.0. The summed E-state index contributed by atoms with van der Waals surface area (Å²) in [6.07, 6.45) is 1.07. The maximum absolute atomic E-state index is 9.10. The highest BCUT2D eigenvalue weighted by atomic mass is 16.4. The van der Waals surface area contributed by atoms with Crippen LogP contribution in [0.4, 0.5) is 5.82 Å². The Morgan fingerprint density at radius 3 is 1.75 bits per heavy atom. The Kier molecular flexibility index (Phi) is 12.0. The summed E-state index contributed by atoms with van der Waals surface area (Å²) in [5, 5.41) is 44.2. The van der Waals surface area contributed by atoms with Gasteiger partial charge in [0.05, 0.1) is 0 Å². The standard InChI is InChI=1S/C20H24N4.2C2H2O4/c1-15-9-11-16(12-10-15)19-17-7-4-5-8-18(17)20(23-22-19)21-13-6-14-24(2)3;2*3-1(4)2(5)6/h4-5,7-12H,6,13-14H2,1-3H3,(H,21,23);2*(H,3,4)(H,5,6). The zero-order chi connectivity index (χ0) is 27.3. The fourth-order valence-corrected chi connectivity index (χ4v) is 2.76. The Morgan fingerprint density at radius 1 is 0.778 bits per heavy atom. The van der Waals surface area contributed by atoms with Gasteiger partial charge in [0.1, 0.15) is 5.69 Å². The van der Waals surface area contributed by atoms with E-state index in [-0.39, 0.29) is 0 Å². The molecule has 3 aromatic rings. The first-order valence-electron chi connectivity index (χ1n) is 10.6. The number of hydrogen-bond acceptors (Lipinski definition) is 8. The van der Waals surface area contributed by atoms with Crippen molar-refractivity contribution in [3.8, 4) is 11.3 Å². The third kappa shape index (κ3) is 10.1. The molecule has 0 spiro atoms. The molecule has 0 atom stereocenters. The van der Waals surface area contributed by atoms with Gasteiger partial charge < -0.3 is 30.6 Å². The van der Waals surface area contributed by atoms with Gasteiger partial charge in [0, 0.05) is 22.9 Å². The van der Waals surface area contributed by atoms with Crippen LogP contribution in [0, 0.1) is 6.92 Å². The van der Waals surface area contributed by atoms with Crippen LogP contribution in [0.3, 0.4) is 0 Å². The van der Waals surface area contributed by atoms with Gasteiger partial charge in [-0.1, -0.05) is 54.1 Å². The van der Waals surface area contributed by atoms with E-state index < -0.39 is 23.9 Å². The second kappa shape index (κ2) is 14.6. The lowest BCUT2D eigenvalue weighted by Gasteiger charge is -2.13. The molecule has 12 heteroatoms. The van der Waals surface area contributed by atoms with E-state index in [9.17, 15) is 0 Å². The molecule has 36 heavy (non-hydrogen) atoms. The highest BCUT2D eigenvalue weighted by Crippen LogP contribution is 2.29. The minimum absolute atomic E-state index is 0.861. The lowest BCUT2D eigenvalue weighted by molar-refractivity contribution is -0.159. The van der Waals surface area contributed by atoms with Crippen LogP contribution in [-0.4, -0.2) is 86.6 Å². The molecule has 0 saturated heterocycles. The summed E-state index contributed by atoms with van der Waals surface area (Å²) in [6, 6.07) is 16.8. The van der Waals surface area contributed by atoms with Crippen LogP contribution in [0.15, 0.2) is 48.5 Å². The Morgan fingerprint density at radius 2 is 1.28 bits per heavy atom. The summed E-state index contributed by atoms with van der Waals surface area (Å²) in [5.74, 6) is -6.43. The normalized spacial score (nSPS) is 9.89. The van der Waals surface area contributed by atoms with E-state index >= 15 is 0 Å². The molecule has 0 amide bonds. The van der Waals surface area contributed by atoms with Crippen LogP contribution >= 0.6 is 0 Å². The predicted molar refractivity (Wildman–Crippen MR) is 132 cm³/mol. The third-order valence-corrected chi connectivity index (χ3v) is 4.45. The monoisotopic (exact) mass is 500 g/mol. The van der Waals surface area contributed by atoms with E-state index in [1.54, 1.807) is 0 Å². The van der Waals surface area contributed by atoms with Crippen LogP contribution in [0.2, 0.25) is 0 Å². The second-order valence-electron chi connectivity index (χ2n) is 7.61. The number of fused-ring (bicyclic) bond motifs is 1. The average molecular weight is 501 g/mol. The number of nitrogens with one attached hydrogen (secondary N) is 1. The molecule has 0 unspecified atom stereocenters. The van der Waals surface area contributed by atoms with Gasteiger partial charge in [0.15, 0.2) is 5.82 Å². The van der Waals surface area contributed by atoms with Crippen molar-refractivity contribution in [1.29, 1.82) is 0 Å². The minimum atomic E-state index is -1.82. The number of aliphatic carboxylic acids is 4. The molecule has 0 bridgehead atoms. The Bertz CT molecular complexity index is 1150. The highest BCUT2D eigenvalue weighted by Gasteiger charge is 2.10. The van der Waals surface area contributed by atoms with Gasteiger partial charge in [-0.2, -0.15) is 0 Å². The molecule has 3 rings (SSSR count).